The molecule has 1 atom stereocenters. The van der Waals surface area contributed by atoms with Crippen LogP contribution < -0.4 is 4.90 Å². The highest BCUT2D eigenvalue weighted by Gasteiger charge is 2.25. The molecule has 1 aliphatic heterocycles. The zero-order chi connectivity index (χ0) is 13.4. The maximum atomic E-state index is 13.3. The molecular formula is C12H13FN4O2. The zero-order valence-corrected chi connectivity index (χ0v) is 10.4. The van der Waals surface area contributed by atoms with Crippen molar-refractivity contribution in [3.63, 3.8) is 0 Å². The first-order chi connectivity index (χ1) is 9.19. The highest BCUT2D eigenvalue weighted by Crippen LogP contribution is 2.27. The quantitative estimate of drug-likeness (QED) is 0.828. The van der Waals surface area contributed by atoms with Gasteiger partial charge in [-0.05, 0) is 12.5 Å². The second-order valence-corrected chi connectivity index (χ2v) is 4.49. The van der Waals surface area contributed by atoms with Gasteiger partial charge in [-0.3, -0.25) is 5.10 Å². The lowest BCUT2D eigenvalue weighted by molar-refractivity contribution is 0.0600. The number of fused-ring (bicyclic) bond motifs is 1. The van der Waals surface area contributed by atoms with E-state index in [0.717, 1.165) is 0 Å². The minimum absolute atomic E-state index is 0.322. The molecule has 3 rings (SSSR count). The van der Waals surface area contributed by atoms with Crippen LogP contribution in [0.3, 0.4) is 0 Å². The summed E-state index contributed by atoms with van der Waals surface area (Å²) < 4.78 is 17.9. The molecule has 1 aliphatic rings. The molecule has 0 spiro atoms. The van der Waals surface area contributed by atoms with Gasteiger partial charge in [0.1, 0.15) is 6.17 Å². The molecule has 2 aromatic heterocycles. The lowest BCUT2D eigenvalue weighted by atomic mass is 10.2. The maximum absolute atomic E-state index is 13.3. The third-order valence-electron chi connectivity index (χ3n) is 3.25. The summed E-state index contributed by atoms with van der Waals surface area (Å²) >= 11 is 0. The van der Waals surface area contributed by atoms with Gasteiger partial charge in [0.05, 0.1) is 24.6 Å². The van der Waals surface area contributed by atoms with Gasteiger partial charge in [-0.25, -0.2) is 14.2 Å². The second kappa shape index (κ2) is 4.49. The van der Waals surface area contributed by atoms with Crippen LogP contribution in [0.25, 0.3) is 11.0 Å². The third-order valence-corrected chi connectivity index (χ3v) is 3.25. The monoisotopic (exact) mass is 264 g/mol. The van der Waals surface area contributed by atoms with Crippen molar-refractivity contribution in [1.29, 1.82) is 0 Å². The highest BCUT2D eigenvalue weighted by atomic mass is 19.1. The number of carbonyl (C=O) groups is 1. The number of aromatic nitrogens is 3. The van der Waals surface area contributed by atoms with Crippen LogP contribution in [-0.2, 0) is 4.74 Å². The fraction of sp³-hybridized carbons (Fsp3) is 0.417. The van der Waals surface area contributed by atoms with E-state index in [1.807, 2.05) is 4.90 Å². The number of pyridine rings is 1. The maximum Gasteiger partial charge on any atom is 0.339 e. The lowest BCUT2D eigenvalue weighted by Crippen LogP contribution is -2.20. The Hall–Kier alpha value is -2.18. The average Bonchev–Trinajstić information content (AvgIpc) is 3.02. The highest BCUT2D eigenvalue weighted by molar-refractivity contribution is 5.96. The molecular weight excluding hydrogens is 251 g/mol. The molecule has 0 unspecified atom stereocenters. The van der Waals surface area contributed by atoms with E-state index in [1.165, 1.54) is 13.3 Å². The predicted octanol–water partition coefficient (Wildman–Crippen LogP) is 1.29. The molecule has 6 nitrogen and oxygen atoms in total. The molecule has 1 N–H and O–H groups in total. The van der Waals surface area contributed by atoms with Crippen LogP contribution >= 0.6 is 0 Å². The summed E-state index contributed by atoms with van der Waals surface area (Å²) in [5, 5.41) is 7.65. The first kappa shape index (κ1) is 11.9. The van der Waals surface area contributed by atoms with E-state index in [1.54, 1.807) is 6.07 Å². The fourth-order valence-electron chi connectivity index (χ4n) is 2.27. The van der Waals surface area contributed by atoms with Gasteiger partial charge >= 0.3 is 5.97 Å². The SMILES string of the molecule is COC(=O)c1cnc2[nH]nc(N3CC[C@H](F)C3)c2c1. The number of anilines is 1. The summed E-state index contributed by atoms with van der Waals surface area (Å²) in [5.74, 6) is 0.180. The summed E-state index contributed by atoms with van der Waals surface area (Å²) in [4.78, 5) is 17.5. The van der Waals surface area contributed by atoms with Gasteiger partial charge in [-0.1, -0.05) is 0 Å². The van der Waals surface area contributed by atoms with Crippen molar-refractivity contribution in [1.82, 2.24) is 15.2 Å². The van der Waals surface area contributed by atoms with Gasteiger partial charge < -0.3 is 9.64 Å². The summed E-state index contributed by atoms with van der Waals surface area (Å²) in [6.07, 6.45) is 1.10. The number of methoxy groups -OCH3 is 1. The molecule has 0 aromatic carbocycles. The predicted molar refractivity (Wildman–Crippen MR) is 67.0 cm³/mol. The summed E-state index contributed by atoms with van der Waals surface area (Å²) in [6.45, 7) is 0.936. The number of carbonyl (C=O) groups excluding carboxylic acids is 1. The third kappa shape index (κ3) is 2.00. The Morgan fingerprint density at radius 2 is 2.47 bits per heavy atom. The first-order valence-corrected chi connectivity index (χ1v) is 6.00. The first-order valence-electron chi connectivity index (χ1n) is 6.00. The molecule has 0 amide bonds. The molecule has 2 aromatic rings. The van der Waals surface area contributed by atoms with Crippen LogP contribution in [0.15, 0.2) is 12.3 Å². The Bertz CT molecular complexity index is 627. The van der Waals surface area contributed by atoms with E-state index in [0.29, 0.717) is 41.9 Å². The Balaban J connectivity index is 2.03. The van der Waals surface area contributed by atoms with E-state index in [2.05, 4.69) is 19.9 Å². The number of nitrogens with zero attached hydrogens (tertiary/aromatic N) is 3. The van der Waals surface area contributed by atoms with Crippen LogP contribution in [0.5, 0.6) is 0 Å². The summed E-state index contributed by atoms with van der Waals surface area (Å²) in [5.41, 5.74) is 0.929. The Morgan fingerprint density at radius 1 is 1.63 bits per heavy atom. The normalized spacial score (nSPS) is 19.1. The molecule has 3 heterocycles. The minimum Gasteiger partial charge on any atom is -0.465 e. The molecule has 1 saturated heterocycles. The number of hydrogen-bond donors (Lipinski definition) is 1. The molecule has 1 fully saturated rings. The topological polar surface area (TPSA) is 71.1 Å². The molecule has 0 saturated carbocycles. The van der Waals surface area contributed by atoms with E-state index in [-0.39, 0.29) is 0 Å². The van der Waals surface area contributed by atoms with Crippen molar-refractivity contribution >= 4 is 22.8 Å². The molecule has 100 valence electrons. The summed E-state index contributed by atoms with van der Waals surface area (Å²) in [6, 6.07) is 1.67. The number of esters is 1. The second-order valence-electron chi connectivity index (χ2n) is 4.49. The van der Waals surface area contributed by atoms with Gasteiger partial charge in [0, 0.05) is 12.7 Å². The number of hydrogen-bond acceptors (Lipinski definition) is 5. The van der Waals surface area contributed by atoms with Gasteiger partial charge in [-0.15, -0.1) is 0 Å². The minimum atomic E-state index is -0.830. The molecule has 0 aliphatic carbocycles. The van der Waals surface area contributed by atoms with Crippen LogP contribution in [0, 0.1) is 0 Å². The Kier molecular flexibility index (Phi) is 2.81. The van der Waals surface area contributed by atoms with E-state index >= 15 is 0 Å². The summed E-state index contributed by atoms with van der Waals surface area (Å²) in [7, 11) is 1.32. The van der Waals surface area contributed by atoms with Crippen LogP contribution in [-0.4, -0.2) is 47.5 Å². The van der Waals surface area contributed by atoms with Crippen molar-refractivity contribution < 1.29 is 13.9 Å². The number of alkyl halides is 1. The molecule has 19 heavy (non-hydrogen) atoms. The van der Waals surface area contributed by atoms with Crippen LogP contribution in [0.1, 0.15) is 16.8 Å². The number of ether oxygens (including phenoxy) is 1. The van der Waals surface area contributed by atoms with Gasteiger partial charge in [0.2, 0.25) is 0 Å². The smallest absolute Gasteiger partial charge is 0.339 e. The number of H-pyrrole nitrogens is 1. The fourth-order valence-corrected chi connectivity index (χ4v) is 2.27. The number of halogens is 1. The van der Waals surface area contributed by atoms with Gasteiger partial charge in [-0.2, -0.15) is 5.10 Å². The van der Waals surface area contributed by atoms with Gasteiger partial charge in [0.15, 0.2) is 11.5 Å². The van der Waals surface area contributed by atoms with Crippen molar-refractivity contribution in [3.8, 4) is 0 Å². The number of nitrogens with one attached hydrogen (secondary N) is 1. The van der Waals surface area contributed by atoms with Gasteiger partial charge in [0.25, 0.3) is 0 Å². The van der Waals surface area contributed by atoms with Crippen molar-refractivity contribution in [2.24, 2.45) is 0 Å². The van der Waals surface area contributed by atoms with E-state index in [4.69, 9.17) is 0 Å². The number of aromatic amines is 1. The van der Waals surface area contributed by atoms with Crippen molar-refractivity contribution in [2.75, 3.05) is 25.1 Å². The Labute approximate surface area is 108 Å². The van der Waals surface area contributed by atoms with E-state index in [9.17, 15) is 9.18 Å². The van der Waals surface area contributed by atoms with E-state index < -0.39 is 12.1 Å². The standard InChI is InChI=1S/C12H13FN4O2/c1-19-12(18)7-4-9-10(14-5-7)15-16-11(9)17-3-2-8(13)6-17/h4-5,8H,2-3,6H2,1H3,(H,14,15,16)/t8-/m0/s1. The lowest BCUT2D eigenvalue weighted by Gasteiger charge is -2.14. The molecule has 0 bridgehead atoms. The molecule has 0 radical (unpaired) electrons. The van der Waals surface area contributed by atoms with Crippen molar-refractivity contribution in [2.45, 2.75) is 12.6 Å². The van der Waals surface area contributed by atoms with Crippen molar-refractivity contribution in [3.05, 3.63) is 17.8 Å². The Morgan fingerprint density at radius 3 is 3.16 bits per heavy atom. The number of rotatable bonds is 2. The average molecular weight is 264 g/mol. The molecule has 7 heteroatoms. The largest absolute Gasteiger partial charge is 0.465 e. The zero-order valence-electron chi connectivity index (χ0n) is 10.4. The van der Waals surface area contributed by atoms with Crippen LogP contribution in [0.2, 0.25) is 0 Å². The van der Waals surface area contributed by atoms with Crippen LogP contribution in [0.4, 0.5) is 10.2 Å².